The Hall–Kier alpha value is -1.62. The van der Waals surface area contributed by atoms with Gasteiger partial charge in [-0.3, -0.25) is 4.98 Å². The van der Waals surface area contributed by atoms with Crippen molar-refractivity contribution in [2.45, 2.75) is 13.3 Å². The van der Waals surface area contributed by atoms with Crippen LogP contribution >= 0.6 is 15.9 Å². The van der Waals surface area contributed by atoms with Gasteiger partial charge in [-0.15, -0.1) is 0 Å². The Morgan fingerprint density at radius 1 is 1.22 bits per heavy atom. The summed E-state index contributed by atoms with van der Waals surface area (Å²) in [6, 6.07) is 6.16. The first kappa shape index (κ1) is 12.8. The van der Waals surface area contributed by atoms with E-state index in [9.17, 15) is 0 Å². The number of hydrogen-bond donors (Lipinski definition) is 2. The van der Waals surface area contributed by atoms with Crippen molar-refractivity contribution in [2.24, 2.45) is 0 Å². The predicted molar refractivity (Wildman–Crippen MR) is 78.4 cm³/mol. The van der Waals surface area contributed by atoms with Gasteiger partial charge in [0.05, 0.1) is 12.4 Å². The van der Waals surface area contributed by atoms with Crippen LogP contribution in [0.2, 0.25) is 0 Å². The van der Waals surface area contributed by atoms with E-state index in [1.807, 2.05) is 19.2 Å². The van der Waals surface area contributed by atoms with Crippen molar-refractivity contribution in [2.75, 3.05) is 17.7 Å². The van der Waals surface area contributed by atoms with E-state index in [0.29, 0.717) is 0 Å². The molecule has 0 atom stereocenters. The lowest BCUT2D eigenvalue weighted by Crippen LogP contribution is -2.00. The average molecular weight is 307 g/mol. The van der Waals surface area contributed by atoms with Gasteiger partial charge >= 0.3 is 0 Å². The molecule has 2 rings (SSSR count). The number of aryl methyl sites for hydroxylation is 1. The minimum Gasteiger partial charge on any atom is -0.372 e. The van der Waals surface area contributed by atoms with Crippen molar-refractivity contribution >= 4 is 33.3 Å². The number of halogens is 1. The Bertz CT molecular complexity index is 542. The molecule has 0 saturated heterocycles. The minimum atomic E-state index is 0.735. The van der Waals surface area contributed by atoms with Crippen LogP contribution in [0.15, 0.2) is 35.1 Å². The molecule has 0 unspecified atom stereocenters. The molecular formula is C13H15BrN4. The Kier molecular flexibility index (Phi) is 4.15. The van der Waals surface area contributed by atoms with E-state index in [1.54, 1.807) is 12.4 Å². The lowest BCUT2D eigenvalue weighted by molar-refractivity contribution is 1.13. The van der Waals surface area contributed by atoms with Crippen molar-refractivity contribution < 1.29 is 0 Å². The van der Waals surface area contributed by atoms with Crippen LogP contribution in [0, 0.1) is 0 Å². The van der Waals surface area contributed by atoms with E-state index < -0.39 is 0 Å². The van der Waals surface area contributed by atoms with Crippen LogP contribution in [0.3, 0.4) is 0 Å². The fraction of sp³-hybridized carbons (Fsp3) is 0.231. The molecule has 18 heavy (non-hydrogen) atoms. The van der Waals surface area contributed by atoms with Gasteiger partial charge in [0.2, 0.25) is 0 Å². The molecule has 0 fully saturated rings. The van der Waals surface area contributed by atoms with Gasteiger partial charge < -0.3 is 10.6 Å². The molecule has 1 aromatic carbocycles. The van der Waals surface area contributed by atoms with Crippen LogP contribution in [0.1, 0.15) is 12.5 Å². The average Bonchev–Trinajstić information content (AvgIpc) is 2.41. The van der Waals surface area contributed by atoms with E-state index in [1.165, 1.54) is 5.56 Å². The standard InChI is InChI=1S/C13H15BrN4/c1-3-9-6-10(14)4-5-11(9)17-13-8-16-7-12(15-2)18-13/h4-8H,3H2,1-2H3,(H2,15,17,18). The summed E-state index contributed by atoms with van der Waals surface area (Å²) in [5.74, 6) is 1.48. The fourth-order valence-electron chi connectivity index (χ4n) is 1.66. The van der Waals surface area contributed by atoms with E-state index in [2.05, 4.69) is 49.5 Å². The summed E-state index contributed by atoms with van der Waals surface area (Å²) in [5, 5.41) is 6.26. The fourth-order valence-corrected chi connectivity index (χ4v) is 2.07. The van der Waals surface area contributed by atoms with Gasteiger partial charge in [-0.25, -0.2) is 4.98 Å². The van der Waals surface area contributed by atoms with E-state index >= 15 is 0 Å². The molecule has 0 radical (unpaired) electrons. The van der Waals surface area contributed by atoms with Crippen LogP contribution in [-0.4, -0.2) is 17.0 Å². The molecule has 0 bridgehead atoms. The van der Waals surface area contributed by atoms with E-state index in [0.717, 1.165) is 28.2 Å². The minimum absolute atomic E-state index is 0.735. The molecular weight excluding hydrogens is 292 g/mol. The third-order valence-electron chi connectivity index (χ3n) is 2.60. The van der Waals surface area contributed by atoms with Crippen molar-refractivity contribution in [1.29, 1.82) is 0 Å². The van der Waals surface area contributed by atoms with Crippen molar-refractivity contribution in [3.05, 3.63) is 40.6 Å². The number of hydrogen-bond acceptors (Lipinski definition) is 4. The first-order chi connectivity index (χ1) is 8.72. The first-order valence-electron chi connectivity index (χ1n) is 5.78. The maximum Gasteiger partial charge on any atom is 0.151 e. The second-order valence-corrected chi connectivity index (χ2v) is 4.74. The third kappa shape index (κ3) is 2.98. The molecule has 4 nitrogen and oxygen atoms in total. The maximum atomic E-state index is 4.39. The molecule has 0 amide bonds. The van der Waals surface area contributed by atoms with Crippen LogP contribution < -0.4 is 10.6 Å². The van der Waals surface area contributed by atoms with Gasteiger partial charge in [-0.05, 0) is 30.2 Å². The monoisotopic (exact) mass is 306 g/mol. The van der Waals surface area contributed by atoms with Crippen LogP contribution in [0.5, 0.6) is 0 Å². The summed E-state index contributed by atoms with van der Waals surface area (Å²) in [7, 11) is 1.82. The van der Waals surface area contributed by atoms with Gasteiger partial charge in [0.15, 0.2) is 5.82 Å². The second kappa shape index (κ2) is 5.82. The van der Waals surface area contributed by atoms with Gasteiger partial charge in [0.25, 0.3) is 0 Å². The summed E-state index contributed by atoms with van der Waals surface area (Å²) in [4.78, 5) is 8.52. The van der Waals surface area contributed by atoms with Crippen molar-refractivity contribution in [1.82, 2.24) is 9.97 Å². The summed E-state index contributed by atoms with van der Waals surface area (Å²) in [6.07, 6.45) is 4.36. The SMILES string of the molecule is CCc1cc(Br)ccc1Nc1cncc(NC)n1. The van der Waals surface area contributed by atoms with Gasteiger partial charge in [0, 0.05) is 17.2 Å². The lowest BCUT2D eigenvalue weighted by atomic mass is 10.1. The summed E-state index contributed by atoms with van der Waals surface area (Å²) in [6.45, 7) is 2.13. The van der Waals surface area contributed by atoms with Crippen LogP contribution in [-0.2, 0) is 6.42 Å². The van der Waals surface area contributed by atoms with Crippen molar-refractivity contribution in [3.63, 3.8) is 0 Å². The van der Waals surface area contributed by atoms with Crippen molar-refractivity contribution in [3.8, 4) is 0 Å². The highest BCUT2D eigenvalue weighted by atomic mass is 79.9. The Balaban J connectivity index is 2.27. The molecule has 0 aliphatic heterocycles. The lowest BCUT2D eigenvalue weighted by Gasteiger charge is -2.11. The molecule has 1 heterocycles. The molecule has 0 aliphatic rings. The number of nitrogens with zero attached hydrogens (tertiary/aromatic N) is 2. The maximum absolute atomic E-state index is 4.39. The highest BCUT2D eigenvalue weighted by Crippen LogP contribution is 2.24. The Morgan fingerprint density at radius 2 is 2.00 bits per heavy atom. The molecule has 5 heteroatoms. The molecule has 0 aliphatic carbocycles. The predicted octanol–water partition coefficient (Wildman–Crippen LogP) is 3.59. The quantitative estimate of drug-likeness (QED) is 0.906. The number of aromatic nitrogens is 2. The molecule has 0 spiro atoms. The van der Waals surface area contributed by atoms with Gasteiger partial charge in [0.1, 0.15) is 5.82 Å². The highest BCUT2D eigenvalue weighted by molar-refractivity contribution is 9.10. The zero-order valence-electron chi connectivity index (χ0n) is 10.4. The normalized spacial score (nSPS) is 10.2. The van der Waals surface area contributed by atoms with E-state index in [-0.39, 0.29) is 0 Å². The number of benzene rings is 1. The molecule has 0 saturated carbocycles. The van der Waals surface area contributed by atoms with Gasteiger partial charge in [-0.2, -0.15) is 0 Å². The first-order valence-corrected chi connectivity index (χ1v) is 6.57. The highest BCUT2D eigenvalue weighted by Gasteiger charge is 2.03. The number of rotatable bonds is 4. The molecule has 2 aromatic rings. The summed E-state index contributed by atoms with van der Waals surface area (Å²) >= 11 is 3.48. The summed E-state index contributed by atoms with van der Waals surface area (Å²) in [5.41, 5.74) is 2.30. The zero-order valence-corrected chi connectivity index (χ0v) is 12.0. The topological polar surface area (TPSA) is 49.8 Å². The molecule has 94 valence electrons. The van der Waals surface area contributed by atoms with E-state index in [4.69, 9.17) is 0 Å². The smallest absolute Gasteiger partial charge is 0.151 e. The largest absolute Gasteiger partial charge is 0.372 e. The van der Waals surface area contributed by atoms with Gasteiger partial charge in [-0.1, -0.05) is 22.9 Å². The number of anilines is 3. The molecule has 1 aromatic heterocycles. The van der Waals surface area contributed by atoms with Crippen LogP contribution in [0.25, 0.3) is 0 Å². The third-order valence-corrected chi connectivity index (χ3v) is 3.09. The second-order valence-electron chi connectivity index (χ2n) is 3.82. The Morgan fingerprint density at radius 3 is 2.72 bits per heavy atom. The zero-order chi connectivity index (χ0) is 13.0. The number of nitrogens with one attached hydrogen (secondary N) is 2. The van der Waals surface area contributed by atoms with Crippen LogP contribution in [0.4, 0.5) is 17.3 Å². The molecule has 2 N–H and O–H groups in total. The Labute approximate surface area is 115 Å². The summed E-state index contributed by atoms with van der Waals surface area (Å²) < 4.78 is 1.08.